The molecule has 1 aliphatic carbocycles. The van der Waals surface area contributed by atoms with Gasteiger partial charge in [0.05, 0.1) is 7.05 Å². The minimum atomic E-state index is -0.826. The number of anilines is 1. The lowest BCUT2D eigenvalue weighted by Crippen LogP contribution is -3.11. The predicted molar refractivity (Wildman–Crippen MR) is 72.8 cm³/mol. The Labute approximate surface area is 121 Å². The number of hydrogen-bond acceptors (Lipinski definition) is 2. The van der Waals surface area contributed by atoms with Gasteiger partial charge in [-0.15, -0.1) is 0 Å². The highest BCUT2D eigenvalue weighted by Gasteiger charge is 2.25. The van der Waals surface area contributed by atoms with Gasteiger partial charge in [-0.05, 0) is 25.0 Å². The normalized spacial score (nSPS) is 15.4. The zero-order chi connectivity index (χ0) is 15.4. The van der Waals surface area contributed by atoms with Crippen LogP contribution in [-0.4, -0.2) is 38.0 Å². The minimum absolute atomic E-state index is 0.0497. The Hall–Kier alpha value is -2.02. The van der Waals surface area contributed by atoms with Gasteiger partial charge in [-0.2, -0.15) is 0 Å². The van der Waals surface area contributed by atoms with Crippen molar-refractivity contribution in [3.8, 4) is 0 Å². The summed E-state index contributed by atoms with van der Waals surface area (Å²) in [6, 6.07) is 3.63. The maximum atomic E-state index is 13.4. The van der Waals surface area contributed by atoms with E-state index in [0.29, 0.717) is 4.90 Å². The van der Waals surface area contributed by atoms with E-state index in [-0.39, 0.29) is 25.0 Å². The smallest absolute Gasteiger partial charge is 0.279 e. The minimum Gasteiger partial charge on any atom is -0.348 e. The third-order valence-electron chi connectivity index (χ3n) is 3.09. The molecule has 1 aromatic rings. The molecule has 1 fully saturated rings. The molecule has 2 amide bonds. The molecule has 1 saturated carbocycles. The molecule has 1 aromatic carbocycles. The molecule has 0 aromatic heterocycles. The molecule has 0 heterocycles. The first-order valence-electron chi connectivity index (χ1n) is 6.80. The molecule has 0 aliphatic heterocycles. The van der Waals surface area contributed by atoms with Crippen molar-refractivity contribution >= 4 is 17.5 Å². The van der Waals surface area contributed by atoms with Crippen molar-refractivity contribution < 1.29 is 23.3 Å². The van der Waals surface area contributed by atoms with E-state index < -0.39 is 23.2 Å². The van der Waals surface area contributed by atoms with E-state index in [9.17, 15) is 18.4 Å². The number of para-hydroxylation sites is 1. The highest BCUT2D eigenvalue weighted by Crippen LogP contribution is 2.18. The molecule has 5 nitrogen and oxygen atoms in total. The second kappa shape index (κ2) is 6.62. The largest absolute Gasteiger partial charge is 0.348 e. The van der Waals surface area contributed by atoms with Crippen LogP contribution in [0, 0.1) is 11.6 Å². The molecule has 0 spiro atoms. The average Bonchev–Trinajstić information content (AvgIpc) is 3.17. The van der Waals surface area contributed by atoms with E-state index in [1.54, 1.807) is 7.05 Å². The highest BCUT2D eigenvalue weighted by molar-refractivity contribution is 5.91. The number of carbonyl (C=O) groups excluding carboxylic acids is 2. The van der Waals surface area contributed by atoms with E-state index >= 15 is 0 Å². The van der Waals surface area contributed by atoms with E-state index in [4.69, 9.17) is 0 Å². The summed E-state index contributed by atoms with van der Waals surface area (Å²) < 4.78 is 26.8. The number of hydrogen-bond donors (Lipinski definition) is 3. The fourth-order valence-corrected chi connectivity index (χ4v) is 1.92. The van der Waals surface area contributed by atoms with Gasteiger partial charge in [-0.1, -0.05) is 6.07 Å². The number of benzene rings is 1. The molecule has 114 valence electrons. The van der Waals surface area contributed by atoms with Crippen LogP contribution in [0.5, 0.6) is 0 Å². The number of rotatable bonds is 6. The van der Waals surface area contributed by atoms with Gasteiger partial charge in [-0.3, -0.25) is 9.59 Å². The fourth-order valence-electron chi connectivity index (χ4n) is 1.92. The van der Waals surface area contributed by atoms with E-state index in [1.165, 1.54) is 6.07 Å². The Morgan fingerprint density at radius 3 is 2.33 bits per heavy atom. The Bertz CT molecular complexity index is 527. The molecule has 1 aliphatic rings. The molecule has 2 rings (SSSR count). The zero-order valence-corrected chi connectivity index (χ0v) is 11.7. The van der Waals surface area contributed by atoms with Crippen LogP contribution in [0.3, 0.4) is 0 Å². The number of nitrogens with one attached hydrogen (secondary N) is 3. The molecule has 0 saturated heterocycles. The summed E-state index contributed by atoms with van der Waals surface area (Å²) in [5.41, 5.74) is -0.460. The SMILES string of the molecule is C[NH+](CC(=O)Nc1c(F)cccc1F)CC(=O)NC1CC1. The molecule has 0 radical (unpaired) electrons. The molecular formula is C14H18F2N3O2+. The molecule has 21 heavy (non-hydrogen) atoms. The van der Waals surface area contributed by atoms with Crippen LogP contribution in [0.25, 0.3) is 0 Å². The summed E-state index contributed by atoms with van der Waals surface area (Å²) in [5, 5.41) is 5.01. The van der Waals surface area contributed by atoms with Crippen LogP contribution in [0.1, 0.15) is 12.8 Å². The maximum absolute atomic E-state index is 13.4. The van der Waals surface area contributed by atoms with Crippen LogP contribution in [0.2, 0.25) is 0 Å². The van der Waals surface area contributed by atoms with Crippen molar-refractivity contribution in [1.82, 2.24) is 5.32 Å². The quantitative estimate of drug-likeness (QED) is 0.675. The summed E-state index contributed by atoms with van der Waals surface area (Å²) in [7, 11) is 1.67. The van der Waals surface area contributed by atoms with Crippen molar-refractivity contribution in [2.24, 2.45) is 0 Å². The molecule has 1 unspecified atom stereocenters. The number of carbonyl (C=O) groups is 2. The zero-order valence-electron chi connectivity index (χ0n) is 11.7. The van der Waals surface area contributed by atoms with Crippen LogP contribution in [0.15, 0.2) is 18.2 Å². The van der Waals surface area contributed by atoms with Crippen LogP contribution in [0.4, 0.5) is 14.5 Å². The summed E-state index contributed by atoms with van der Waals surface area (Å²) in [6.07, 6.45) is 2.00. The van der Waals surface area contributed by atoms with Gasteiger partial charge < -0.3 is 15.5 Å². The topological polar surface area (TPSA) is 62.6 Å². The third kappa shape index (κ3) is 4.78. The molecule has 3 N–H and O–H groups in total. The van der Waals surface area contributed by atoms with Gasteiger partial charge in [-0.25, -0.2) is 8.78 Å². The van der Waals surface area contributed by atoms with Gasteiger partial charge >= 0.3 is 0 Å². The van der Waals surface area contributed by atoms with E-state index in [2.05, 4.69) is 10.6 Å². The number of quaternary nitrogens is 1. The Morgan fingerprint density at radius 1 is 1.19 bits per heavy atom. The van der Waals surface area contributed by atoms with Crippen molar-refractivity contribution in [1.29, 1.82) is 0 Å². The summed E-state index contributed by atoms with van der Waals surface area (Å²) in [5.74, 6) is -2.32. The Morgan fingerprint density at radius 2 is 1.76 bits per heavy atom. The highest BCUT2D eigenvalue weighted by atomic mass is 19.1. The lowest BCUT2D eigenvalue weighted by atomic mass is 10.3. The van der Waals surface area contributed by atoms with Gasteiger partial charge in [0, 0.05) is 6.04 Å². The van der Waals surface area contributed by atoms with Gasteiger partial charge in [0.25, 0.3) is 11.8 Å². The maximum Gasteiger partial charge on any atom is 0.279 e. The lowest BCUT2D eigenvalue weighted by molar-refractivity contribution is -0.862. The first-order chi connectivity index (χ1) is 9.95. The summed E-state index contributed by atoms with van der Waals surface area (Å²) in [6.45, 7) is 0.0928. The van der Waals surface area contributed by atoms with Crippen LogP contribution < -0.4 is 15.5 Å². The Kier molecular flexibility index (Phi) is 4.85. The van der Waals surface area contributed by atoms with E-state index in [0.717, 1.165) is 25.0 Å². The first kappa shape index (κ1) is 15.4. The van der Waals surface area contributed by atoms with Gasteiger partial charge in [0.2, 0.25) is 0 Å². The predicted octanol–water partition coefficient (Wildman–Crippen LogP) is -0.303. The fraction of sp³-hybridized carbons (Fsp3) is 0.429. The molecule has 0 bridgehead atoms. The van der Waals surface area contributed by atoms with Crippen molar-refractivity contribution in [2.45, 2.75) is 18.9 Å². The third-order valence-corrected chi connectivity index (χ3v) is 3.09. The second-order valence-electron chi connectivity index (χ2n) is 5.30. The molecular weight excluding hydrogens is 280 g/mol. The number of likely N-dealkylation sites (N-methyl/N-ethyl adjacent to an activating group) is 1. The van der Waals surface area contributed by atoms with Crippen molar-refractivity contribution in [3.63, 3.8) is 0 Å². The van der Waals surface area contributed by atoms with Gasteiger partial charge in [0.15, 0.2) is 13.1 Å². The second-order valence-corrected chi connectivity index (χ2v) is 5.30. The lowest BCUT2D eigenvalue weighted by Gasteiger charge is -2.14. The van der Waals surface area contributed by atoms with Crippen LogP contribution >= 0.6 is 0 Å². The van der Waals surface area contributed by atoms with Crippen LogP contribution in [-0.2, 0) is 9.59 Å². The van der Waals surface area contributed by atoms with E-state index in [1.807, 2.05) is 0 Å². The Balaban J connectivity index is 1.81. The van der Waals surface area contributed by atoms with Crippen molar-refractivity contribution in [3.05, 3.63) is 29.8 Å². The average molecular weight is 298 g/mol. The monoisotopic (exact) mass is 298 g/mol. The van der Waals surface area contributed by atoms with Crippen molar-refractivity contribution in [2.75, 3.05) is 25.5 Å². The standard InChI is InChI=1S/C14H17F2N3O2/c1-19(7-12(20)17-9-5-6-9)8-13(21)18-14-10(15)3-2-4-11(14)16/h2-4,9H,5-8H2,1H3,(H,17,20)(H,18,21)/p+1. The number of halogens is 2. The summed E-state index contributed by atoms with van der Waals surface area (Å²) in [4.78, 5) is 24.0. The summed E-state index contributed by atoms with van der Waals surface area (Å²) >= 11 is 0. The molecule has 1 atom stereocenters. The number of amides is 2. The van der Waals surface area contributed by atoms with Gasteiger partial charge in [0.1, 0.15) is 17.3 Å². The molecule has 7 heteroatoms. The first-order valence-corrected chi connectivity index (χ1v) is 6.80.